The average molecular weight is 456 g/mol. The maximum Gasteiger partial charge on any atom is 0.345 e. The van der Waals surface area contributed by atoms with Gasteiger partial charge in [-0.2, -0.15) is 5.10 Å². The Morgan fingerprint density at radius 3 is 2.82 bits per heavy atom. The van der Waals surface area contributed by atoms with Crippen molar-refractivity contribution in [3.63, 3.8) is 0 Å². The third kappa shape index (κ3) is 3.97. The summed E-state index contributed by atoms with van der Waals surface area (Å²) < 4.78 is 11.7. The predicted octanol–water partition coefficient (Wildman–Crippen LogP) is 5.13. The summed E-state index contributed by atoms with van der Waals surface area (Å²) in [7, 11) is 1.59. The quantitative estimate of drug-likeness (QED) is 0.256. The van der Waals surface area contributed by atoms with E-state index in [9.17, 15) is 4.79 Å². The second-order valence-corrected chi connectivity index (χ2v) is 7.75. The first-order valence-electron chi connectivity index (χ1n) is 8.25. The van der Waals surface area contributed by atoms with Crippen LogP contribution in [0.4, 0.5) is 5.13 Å². The second kappa shape index (κ2) is 7.95. The van der Waals surface area contributed by atoms with E-state index in [0.717, 1.165) is 15.4 Å². The van der Waals surface area contributed by atoms with Crippen LogP contribution in [0.15, 0.2) is 73.5 Å². The normalized spacial score (nSPS) is 11.2. The number of nitrogens with one attached hydrogen (secondary N) is 1. The number of methoxy groups -OCH3 is 1. The molecule has 0 bridgehead atoms. The average Bonchev–Trinajstić information content (AvgIpc) is 3.17. The molecule has 140 valence electrons. The van der Waals surface area contributed by atoms with Crippen LogP contribution in [0.25, 0.3) is 21.4 Å². The number of benzene rings is 2. The lowest BCUT2D eigenvalue weighted by atomic mass is 10.1. The molecule has 2 aromatic heterocycles. The molecule has 28 heavy (non-hydrogen) atoms. The summed E-state index contributed by atoms with van der Waals surface area (Å²) in [5, 5.41) is 5.54. The number of hydrogen-bond acceptors (Lipinski definition) is 7. The lowest BCUT2D eigenvalue weighted by Gasteiger charge is -2.03. The Balaban J connectivity index is 1.57. The minimum atomic E-state index is -0.411. The zero-order chi connectivity index (χ0) is 19.5. The van der Waals surface area contributed by atoms with E-state index in [1.807, 2.05) is 30.3 Å². The van der Waals surface area contributed by atoms with Crippen molar-refractivity contribution >= 4 is 49.6 Å². The molecule has 0 saturated heterocycles. The van der Waals surface area contributed by atoms with Gasteiger partial charge in [0, 0.05) is 16.1 Å². The van der Waals surface area contributed by atoms with Gasteiger partial charge < -0.3 is 9.15 Å². The highest BCUT2D eigenvalue weighted by Gasteiger charge is 2.12. The topological polar surface area (TPSA) is 76.7 Å². The molecule has 0 aliphatic rings. The molecular weight excluding hydrogens is 442 g/mol. The first-order chi connectivity index (χ1) is 13.6. The van der Waals surface area contributed by atoms with Crippen molar-refractivity contribution in [2.24, 2.45) is 5.10 Å². The van der Waals surface area contributed by atoms with Crippen LogP contribution >= 0.6 is 27.3 Å². The molecule has 8 heteroatoms. The molecule has 0 radical (unpaired) electrons. The molecular formula is C20H14BrN3O3S. The van der Waals surface area contributed by atoms with E-state index in [0.29, 0.717) is 26.9 Å². The van der Waals surface area contributed by atoms with Crippen molar-refractivity contribution in [1.82, 2.24) is 4.98 Å². The summed E-state index contributed by atoms with van der Waals surface area (Å²) in [5.74, 6) is 0.696. The molecule has 0 unspecified atom stereocenters. The largest absolute Gasteiger partial charge is 0.497 e. The molecule has 0 aliphatic heterocycles. The Morgan fingerprint density at radius 2 is 2.04 bits per heavy atom. The van der Waals surface area contributed by atoms with Crippen LogP contribution in [0.3, 0.4) is 0 Å². The third-order valence-electron chi connectivity index (χ3n) is 3.95. The summed E-state index contributed by atoms with van der Waals surface area (Å²) in [6, 6.07) is 14.8. The van der Waals surface area contributed by atoms with Crippen molar-refractivity contribution in [3.8, 4) is 16.2 Å². The van der Waals surface area contributed by atoms with Gasteiger partial charge in [0.2, 0.25) is 5.13 Å². The summed E-state index contributed by atoms with van der Waals surface area (Å²) >= 11 is 4.72. The summed E-state index contributed by atoms with van der Waals surface area (Å²) in [5.41, 5.74) is 4.39. The van der Waals surface area contributed by atoms with Gasteiger partial charge in [0.1, 0.15) is 11.3 Å². The highest BCUT2D eigenvalue weighted by Crippen LogP contribution is 2.29. The molecule has 0 spiro atoms. The van der Waals surface area contributed by atoms with Gasteiger partial charge in [0.05, 0.1) is 23.8 Å². The van der Waals surface area contributed by atoms with E-state index < -0.39 is 5.63 Å². The molecule has 0 fully saturated rings. The van der Waals surface area contributed by atoms with E-state index in [-0.39, 0.29) is 0 Å². The Kier molecular flexibility index (Phi) is 5.23. The first kappa shape index (κ1) is 18.4. The molecule has 6 nitrogen and oxygen atoms in total. The van der Waals surface area contributed by atoms with Crippen molar-refractivity contribution in [2.75, 3.05) is 12.5 Å². The van der Waals surface area contributed by atoms with Gasteiger partial charge in [0.15, 0.2) is 0 Å². The fraction of sp³-hybridized carbons (Fsp3) is 0.0500. The molecule has 0 saturated carbocycles. The molecule has 4 rings (SSSR count). The van der Waals surface area contributed by atoms with Crippen LogP contribution in [-0.2, 0) is 0 Å². The van der Waals surface area contributed by atoms with E-state index in [1.54, 1.807) is 37.7 Å². The highest BCUT2D eigenvalue weighted by molar-refractivity contribution is 9.10. The van der Waals surface area contributed by atoms with Crippen molar-refractivity contribution in [1.29, 1.82) is 0 Å². The standard InChI is InChI=1S/C20H14BrN3O3S/c1-26-15-6-7-17-13(8-15)9-16(19(25)27-17)18-11-22-20(28-18)24-23-10-12-2-4-14(21)5-3-12/h2-11H,1H3,(H,22,24)/b23-10+. The van der Waals surface area contributed by atoms with Gasteiger partial charge in [0.25, 0.3) is 0 Å². The lowest BCUT2D eigenvalue weighted by molar-refractivity contribution is 0.415. The maximum absolute atomic E-state index is 12.4. The van der Waals surface area contributed by atoms with E-state index in [4.69, 9.17) is 9.15 Å². The van der Waals surface area contributed by atoms with E-state index >= 15 is 0 Å². The van der Waals surface area contributed by atoms with Gasteiger partial charge >= 0.3 is 5.63 Å². The van der Waals surface area contributed by atoms with E-state index in [2.05, 4.69) is 31.4 Å². The van der Waals surface area contributed by atoms with E-state index in [1.165, 1.54) is 11.3 Å². The summed E-state index contributed by atoms with van der Waals surface area (Å²) in [6.07, 6.45) is 3.32. The van der Waals surface area contributed by atoms with Gasteiger partial charge in [-0.15, -0.1) is 0 Å². The molecule has 2 heterocycles. The Hall–Kier alpha value is -2.97. The van der Waals surface area contributed by atoms with Gasteiger partial charge in [-0.3, -0.25) is 5.43 Å². The van der Waals surface area contributed by atoms with Crippen molar-refractivity contribution < 1.29 is 9.15 Å². The molecule has 1 N–H and O–H groups in total. The van der Waals surface area contributed by atoms with Gasteiger partial charge in [-0.1, -0.05) is 39.4 Å². The van der Waals surface area contributed by atoms with Crippen LogP contribution < -0.4 is 15.8 Å². The van der Waals surface area contributed by atoms with Crippen LogP contribution in [0.5, 0.6) is 5.75 Å². The van der Waals surface area contributed by atoms with Crippen LogP contribution in [-0.4, -0.2) is 18.3 Å². The smallest absolute Gasteiger partial charge is 0.345 e. The number of halogens is 1. The number of hydrogen-bond donors (Lipinski definition) is 1. The zero-order valence-electron chi connectivity index (χ0n) is 14.7. The van der Waals surface area contributed by atoms with Crippen molar-refractivity contribution in [2.45, 2.75) is 0 Å². The molecule has 2 aromatic carbocycles. The first-order valence-corrected chi connectivity index (χ1v) is 9.86. The van der Waals surface area contributed by atoms with Crippen LogP contribution in [0.2, 0.25) is 0 Å². The van der Waals surface area contributed by atoms with Crippen LogP contribution in [0.1, 0.15) is 5.56 Å². The molecule has 0 amide bonds. The monoisotopic (exact) mass is 455 g/mol. The predicted molar refractivity (Wildman–Crippen MR) is 116 cm³/mol. The van der Waals surface area contributed by atoms with Crippen molar-refractivity contribution in [3.05, 3.63) is 75.2 Å². The number of aromatic nitrogens is 1. The number of nitrogens with zero attached hydrogens (tertiary/aromatic N) is 2. The number of rotatable bonds is 5. The number of fused-ring (bicyclic) bond motifs is 1. The number of hydrazone groups is 1. The summed E-state index contributed by atoms with van der Waals surface area (Å²) in [6.45, 7) is 0. The Bertz CT molecular complexity index is 1220. The van der Waals surface area contributed by atoms with Gasteiger partial charge in [-0.05, 0) is 42.0 Å². The number of thiazole rings is 1. The SMILES string of the molecule is COc1ccc2oc(=O)c(-c3cnc(N/N=C/c4ccc(Br)cc4)s3)cc2c1. The Labute approximate surface area is 172 Å². The maximum atomic E-state index is 12.4. The minimum Gasteiger partial charge on any atom is -0.497 e. The van der Waals surface area contributed by atoms with Gasteiger partial charge in [-0.25, -0.2) is 9.78 Å². The minimum absolute atomic E-state index is 0.411. The zero-order valence-corrected chi connectivity index (χ0v) is 17.1. The summed E-state index contributed by atoms with van der Waals surface area (Å²) in [4.78, 5) is 17.3. The molecule has 4 aromatic rings. The molecule has 0 aliphatic carbocycles. The lowest BCUT2D eigenvalue weighted by Crippen LogP contribution is -2.01. The fourth-order valence-corrected chi connectivity index (χ4v) is 3.60. The fourth-order valence-electron chi connectivity index (χ4n) is 2.56. The third-order valence-corrected chi connectivity index (χ3v) is 5.42. The number of ether oxygens (including phenoxy) is 1. The van der Waals surface area contributed by atoms with Crippen LogP contribution in [0, 0.1) is 0 Å². The second-order valence-electron chi connectivity index (χ2n) is 5.80. The Morgan fingerprint density at radius 1 is 1.21 bits per heavy atom. The molecule has 0 atom stereocenters. The highest BCUT2D eigenvalue weighted by atomic mass is 79.9. The number of anilines is 1.